The molecule has 1 atom stereocenters. The van der Waals surface area contributed by atoms with E-state index < -0.39 is 62.8 Å². The fourth-order valence-corrected chi connectivity index (χ4v) is 3.51. The van der Waals surface area contributed by atoms with Gasteiger partial charge in [-0.1, -0.05) is 18.2 Å². The van der Waals surface area contributed by atoms with Crippen LogP contribution in [0.5, 0.6) is 5.75 Å². The van der Waals surface area contributed by atoms with E-state index in [0.29, 0.717) is 24.3 Å². The SMILES string of the molecule is Cc1[c]c(Br)c(-c2ccc(OC(F)(F)F)cc2)c(C(F)(C(F)(F)F)C(F)(F)C(F)(F)F)c1. The molecule has 0 saturated heterocycles. The van der Waals surface area contributed by atoms with E-state index in [4.69, 9.17) is 0 Å². The summed E-state index contributed by atoms with van der Waals surface area (Å²) in [7, 11) is 0. The minimum atomic E-state index is -6.95. The van der Waals surface area contributed by atoms with Crippen LogP contribution < -0.4 is 4.74 Å². The summed E-state index contributed by atoms with van der Waals surface area (Å²) in [5, 5.41) is 0. The van der Waals surface area contributed by atoms with Crippen LogP contribution in [0.25, 0.3) is 11.1 Å². The van der Waals surface area contributed by atoms with Crippen molar-refractivity contribution < 1.29 is 57.4 Å². The molecule has 1 nitrogen and oxygen atoms in total. The van der Waals surface area contributed by atoms with E-state index in [1.807, 2.05) is 0 Å². The standard InChI is InChI=1S/C18H8BrF12O/c1-8-6-11(14(20,16(23,24)25)15(21,22)17(26,27)28)13(12(19)7-8)9-2-4-10(5-3-9)32-18(29,30)31/h2-6H,1H3. The molecule has 0 amide bonds. The van der Waals surface area contributed by atoms with E-state index in [2.05, 4.69) is 26.7 Å². The first-order chi connectivity index (χ1) is 14.2. The Hall–Kier alpha value is -2.12. The van der Waals surface area contributed by atoms with Gasteiger partial charge in [-0.3, -0.25) is 0 Å². The second-order valence-corrected chi connectivity index (χ2v) is 7.15. The average molecular weight is 548 g/mol. The van der Waals surface area contributed by atoms with E-state index >= 15 is 4.39 Å². The molecule has 1 radical (unpaired) electrons. The molecule has 0 aliphatic rings. The number of rotatable bonds is 4. The van der Waals surface area contributed by atoms with Gasteiger partial charge < -0.3 is 4.74 Å². The van der Waals surface area contributed by atoms with E-state index in [0.717, 1.165) is 6.92 Å². The van der Waals surface area contributed by atoms with Crippen molar-refractivity contribution >= 4 is 15.9 Å². The van der Waals surface area contributed by atoms with Crippen LogP contribution in [-0.2, 0) is 5.67 Å². The monoisotopic (exact) mass is 547 g/mol. The van der Waals surface area contributed by atoms with Crippen LogP contribution >= 0.6 is 15.9 Å². The number of halogens is 13. The number of aryl methyl sites for hydroxylation is 1. The summed E-state index contributed by atoms with van der Waals surface area (Å²) in [6.45, 7) is 0.959. The van der Waals surface area contributed by atoms with Crippen LogP contribution in [0.2, 0.25) is 0 Å². The molecule has 0 aromatic heterocycles. The number of alkyl halides is 12. The fourth-order valence-electron chi connectivity index (χ4n) is 2.75. The van der Waals surface area contributed by atoms with Crippen molar-refractivity contribution in [1.82, 2.24) is 0 Å². The van der Waals surface area contributed by atoms with Gasteiger partial charge >= 0.3 is 30.3 Å². The zero-order chi connectivity index (χ0) is 24.9. The summed E-state index contributed by atoms with van der Waals surface area (Å²) in [5.41, 5.74) is -10.5. The quantitative estimate of drug-likeness (QED) is 0.352. The Morgan fingerprint density at radius 1 is 0.781 bits per heavy atom. The molecule has 32 heavy (non-hydrogen) atoms. The van der Waals surface area contributed by atoms with Crippen LogP contribution in [0.3, 0.4) is 0 Å². The first-order valence-corrected chi connectivity index (χ1v) is 8.81. The zero-order valence-corrected chi connectivity index (χ0v) is 16.8. The van der Waals surface area contributed by atoms with Gasteiger partial charge in [-0.05, 0) is 46.1 Å². The van der Waals surface area contributed by atoms with Crippen LogP contribution in [0.1, 0.15) is 11.1 Å². The van der Waals surface area contributed by atoms with Crippen LogP contribution in [0, 0.1) is 13.0 Å². The molecule has 14 heteroatoms. The van der Waals surface area contributed by atoms with E-state index in [9.17, 15) is 48.3 Å². The lowest BCUT2D eigenvalue weighted by molar-refractivity contribution is -0.389. The molecule has 2 aromatic rings. The average Bonchev–Trinajstić information content (AvgIpc) is 2.58. The molecule has 2 aromatic carbocycles. The lowest BCUT2D eigenvalue weighted by atomic mass is 9.82. The third-order valence-corrected chi connectivity index (χ3v) is 4.68. The highest BCUT2D eigenvalue weighted by Crippen LogP contribution is 2.60. The van der Waals surface area contributed by atoms with Crippen molar-refractivity contribution in [3.8, 4) is 16.9 Å². The van der Waals surface area contributed by atoms with Crippen molar-refractivity contribution in [2.45, 2.75) is 37.2 Å². The van der Waals surface area contributed by atoms with E-state index in [1.54, 1.807) is 0 Å². The van der Waals surface area contributed by atoms with Crippen molar-refractivity contribution in [3.63, 3.8) is 0 Å². The summed E-state index contributed by atoms with van der Waals surface area (Å²) in [4.78, 5) is 0. The van der Waals surface area contributed by atoms with Crippen molar-refractivity contribution in [1.29, 1.82) is 0 Å². The first-order valence-electron chi connectivity index (χ1n) is 8.01. The summed E-state index contributed by atoms with van der Waals surface area (Å²) in [6, 6.07) is 4.74. The highest BCUT2D eigenvalue weighted by molar-refractivity contribution is 9.10. The fraction of sp³-hybridized carbons (Fsp3) is 0.333. The van der Waals surface area contributed by atoms with Gasteiger partial charge in [0.25, 0.3) is 0 Å². The maximum Gasteiger partial charge on any atom is 0.573 e. The topological polar surface area (TPSA) is 9.23 Å². The third kappa shape index (κ3) is 4.64. The molecule has 177 valence electrons. The summed E-state index contributed by atoms with van der Waals surface area (Å²) in [6.07, 6.45) is -18.9. The van der Waals surface area contributed by atoms with Crippen molar-refractivity contribution in [3.05, 3.63) is 52.0 Å². The normalized spacial score (nSPS) is 15.4. The first kappa shape index (κ1) is 26.1. The van der Waals surface area contributed by atoms with Crippen molar-refractivity contribution in [2.75, 3.05) is 0 Å². The summed E-state index contributed by atoms with van der Waals surface area (Å²) < 4.78 is 162. The highest BCUT2D eigenvalue weighted by atomic mass is 79.9. The number of ether oxygens (including phenoxy) is 1. The van der Waals surface area contributed by atoms with Crippen LogP contribution in [0.15, 0.2) is 34.8 Å². The second kappa shape index (κ2) is 8.03. The molecule has 0 aliphatic heterocycles. The van der Waals surface area contributed by atoms with Crippen molar-refractivity contribution in [2.24, 2.45) is 0 Å². The Morgan fingerprint density at radius 2 is 1.28 bits per heavy atom. The van der Waals surface area contributed by atoms with Gasteiger partial charge in [-0.15, -0.1) is 13.2 Å². The number of hydrogen-bond acceptors (Lipinski definition) is 1. The minimum Gasteiger partial charge on any atom is -0.406 e. The molecule has 0 fully saturated rings. The van der Waals surface area contributed by atoms with Crippen LogP contribution in [0.4, 0.5) is 52.7 Å². The van der Waals surface area contributed by atoms with E-state index in [1.165, 1.54) is 0 Å². The Morgan fingerprint density at radius 3 is 1.69 bits per heavy atom. The molecule has 0 saturated carbocycles. The van der Waals surface area contributed by atoms with E-state index in [-0.39, 0.29) is 6.07 Å². The summed E-state index contributed by atoms with van der Waals surface area (Å²) in [5.74, 6) is -7.81. The molecule has 0 N–H and O–H groups in total. The third-order valence-electron chi connectivity index (χ3n) is 4.08. The van der Waals surface area contributed by atoms with Gasteiger partial charge in [0.2, 0.25) is 0 Å². The largest absolute Gasteiger partial charge is 0.573 e. The van der Waals surface area contributed by atoms with Gasteiger partial charge in [0.15, 0.2) is 0 Å². The van der Waals surface area contributed by atoms with Crippen LogP contribution in [-0.4, -0.2) is 24.6 Å². The Labute approximate surface area is 180 Å². The second-order valence-electron chi connectivity index (χ2n) is 6.36. The summed E-state index contributed by atoms with van der Waals surface area (Å²) >= 11 is 2.65. The Balaban J connectivity index is 2.85. The molecule has 0 spiro atoms. The maximum atomic E-state index is 15.1. The molecule has 0 bridgehead atoms. The molecule has 2 rings (SSSR count). The predicted molar refractivity (Wildman–Crippen MR) is 89.7 cm³/mol. The smallest absolute Gasteiger partial charge is 0.406 e. The van der Waals surface area contributed by atoms with Gasteiger partial charge in [0.05, 0.1) is 0 Å². The van der Waals surface area contributed by atoms with Gasteiger partial charge in [0, 0.05) is 21.7 Å². The molecule has 1 unspecified atom stereocenters. The Kier molecular flexibility index (Phi) is 6.56. The minimum absolute atomic E-state index is 0.105. The molecular weight excluding hydrogens is 540 g/mol. The van der Waals surface area contributed by atoms with Gasteiger partial charge in [0.1, 0.15) is 5.75 Å². The number of benzene rings is 2. The lowest BCUT2D eigenvalue weighted by Gasteiger charge is -2.37. The Bertz CT molecular complexity index is 976. The number of hydrogen-bond donors (Lipinski definition) is 0. The molecule has 0 heterocycles. The zero-order valence-electron chi connectivity index (χ0n) is 15.2. The maximum absolute atomic E-state index is 15.1. The predicted octanol–water partition coefficient (Wildman–Crippen LogP) is 8.05. The van der Waals surface area contributed by atoms with Gasteiger partial charge in [-0.25, -0.2) is 4.39 Å². The highest BCUT2D eigenvalue weighted by Gasteiger charge is 2.82. The van der Waals surface area contributed by atoms with Gasteiger partial charge in [-0.2, -0.15) is 35.1 Å². The molecular formula is C18H8BrF12O. The lowest BCUT2D eigenvalue weighted by Crippen LogP contribution is -2.60. The molecule has 0 aliphatic carbocycles.